The van der Waals surface area contributed by atoms with Crippen LogP contribution in [0, 0.1) is 0 Å². The summed E-state index contributed by atoms with van der Waals surface area (Å²) in [6.45, 7) is 0.548. The first kappa shape index (κ1) is 9.23. The lowest BCUT2D eigenvalue weighted by atomic mass is 10.1. The summed E-state index contributed by atoms with van der Waals surface area (Å²) in [7, 11) is 1.60. The molecule has 0 aliphatic carbocycles. The van der Waals surface area contributed by atoms with Gasteiger partial charge in [-0.1, -0.05) is 0 Å². The molecule has 0 atom stereocenters. The van der Waals surface area contributed by atoms with Crippen molar-refractivity contribution in [2.24, 2.45) is 0 Å². The molecule has 5 nitrogen and oxygen atoms in total. The number of benzene rings is 1. The van der Waals surface area contributed by atoms with Crippen molar-refractivity contribution in [1.82, 2.24) is 10.4 Å². The third kappa shape index (κ3) is 1.18. The number of hydrogen-bond donors (Lipinski definition) is 3. The molecule has 0 saturated heterocycles. The molecule has 1 aliphatic rings. The van der Waals surface area contributed by atoms with Gasteiger partial charge >= 0.3 is 0 Å². The Morgan fingerprint density at radius 1 is 1.38 bits per heavy atom. The SMILES string of the molecule is COc1ccc2c3c(c(=O)[nH]c2c1)CNN3. The van der Waals surface area contributed by atoms with Crippen LogP contribution in [0.15, 0.2) is 23.0 Å². The predicted octanol–water partition coefficient (Wildman–Crippen LogP) is 0.967. The molecule has 0 fully saturated rings. The summed E-state index contributed by atoms with van der Waals surface area (Å²) in [5.41, 5.74) is 8.28. The Bertz CT molecular complexity index is 618. The van der Waals surface area contributed by atoms with E-state index in [-0.39, 0.29) is 5.56 Å². The van der Waals surface area contributed by atoms with Gasteiger partial charge in [0.15, 0.2) is 0 Å². The molecule has 2 heterocycles. The minimum absolute atomic E-state index is 0.0618. The highest BCUT2D eigenvalue weighted by Gasteiger charge is 2.17. The van der Waals surface area contributed by atoms with E-state index in [1.807, 2.05) is 18.2 Å². The lowest BCUT2D eigenvalue weighted by molar-refractivity contribution is 0.415. The quantitative estimate of drug-likeness (QED) is 0.665. The minimum Gasteiger partial charge on any atom is -0.497 e. The largest absolute Gasteiger partial charge is 0.497 e. The van der Waals surface area contributed by atoms with Crippen LogP contribution in [-0.2, 0) is 6.54 Å². The summed E-state index contributed by atoms with van der Waals surface area (Å²) in [6.07, 6.45) is 0. The Morgan fingerprint density at radius 3 is 3.06 bits per heavy atom. The molecule has 2 aromatic rings. The van der Waals surface area contributed by atoms with Gasteiger partial charge < -0.3 is 15.1 Å². The molecule has 0 amide bonds. The summed E-state index contributed by atoms with van der Waals surface area (Å²) >= 11 is 0. The van der Waals surface area contributed by atoms with E-state index in [0.717, 1.165) is 27.9 Å². The highest BCUT2D eigenvalue weighted by Crippen LogP contribution is 2.28. The number of hydrogen-bond acceptors (Lipinski definition) is 4. The van der Waals surface area contributed by atoms with Gasteiger partial charge in [-0.2, -0.15) is 0 Å². The molecule has 16 heavy (non-hydrogen) atoms. The zero-order chi connectivity index (χ0) is 11.1. The Balaban J connectivity index is 2.38. The number of methoxy groups -OCH3 is 1. The van der Waals surface area contributed by atoms with Crippen LogP contribution in [0.25, 0.3) is 10.9 Å². The molecule has 3 N–H and O–H groups in total. The first-order valence-electron chi connectivity index (χ1n) is 5.01. The Hall–Kier alpha value is -2.01. The molecule has 3 rings (SSSR count). The fraction of sp³-hybridized carbons (Fsp3) is 0.182. The van der Waals surface area contributed by atoms with E-state index < -0.39 is 0 Å². The van der Waals surface area contributed by atoms with Crippen LogP contribution in [-0.4, -0.2) is 12.1 Å². The summed E-state index contributed by atoms with van der Waals surface area (Å²) in [5, 5.41) is 0.986. The van der Waals surface area contributed by atoms with Crippen LogP contribution < -0.4 is 21.1 Å². The normalized spacial score (nSPS) is 13.6. The standard InChI is InChI=1S/C11H11N3O2/c1-16-6-2-3-7-9(4-6)13-11(15)8-5-12-14-10(7)8/h2-4,12,14H,5H2,1H3,(H,13,15). The predicted molar refractivity (Wildman–Crippen MR) is 61.6 cm³/mol. The first-order valence-corrected chi connectivity index (χ1v) is 5.01. The average molecular weight is 217 g/mol. The number of fused-ring (bicyclic) bond motifs is 3. The van der Waals surface area contributed by atoms with Gasteiger partial charge in [-0.05, 0) is 12.1 Å². The van der Waals surface area contributed by atoms with Crippen LogP contribution in [0.4, 0.5) is 5.69 Å². The Morgan fingerprint density at radius 2 is 2.25 bits per heavy atom. The minimum atomic E-state index is -0.0618. The van der Waals surface area contributed by atoms with Crippen molar-refractivity contribution in [3.8, 4) is 5.75 Å². The molecular formula is C11H11N3O2. The van der Waals surface area contributed by atoms with Gasteiger partial charge in [0.25, 0.3) is 5.56 Å². The number of nitrogens with one attached hydrogen (secondary N) is 3. The van der Waals surface area contributed by atoms with Gasteiger partial charge in [0.2, 0.25) is 0 Å². The summed E-state index contributed by atoms with van der Waals surface area (Å²) < 4.78 is 5.12. The number of anilines is 1. The number of ether oxygens (including phenoxy) is 1. The Labute approximate surface area is 91.4 Å². The third-order valence-electron chi connectivity index (χ3n) is 2.80. The number of hydrazine groups is 1. The number of rotatable bonds is 1. The fourth-order valence-electron chi connectivity index (χ4n) is 1.98. The lowest BCUT2D eigenvalue weighted by Crippen LogP contribution is -2.13. The van der Waals surface area contributed by atoms with Crippen molar-refractivity contribution >= 4 is 16.6 Å². The Kier molecular flexibility index (Phi) is 1.87. The van der Waals surface area contributed by atoms with Gasteiger partial charge in [0.1, 0.15) is 5.75 Å². The molecule has 5 heteroatoms. The van der Waals surface area contributed by atoms with Crippen LogP contribution in [0.2, 0.25) is 0 Å². The van der Waals surface area contributed by atoms with E-state index in [1.54, 1.807) is 7.11 Å². The van der Waals surface area contributed by atoms with E-state index in [4.69, 9.17) is 4.74 Å². The van der Waals surface area contributed by atoms with E-state index in [2.05, 4.69) is 15.8 Å². The fourth-order valence-corrected chi connectivity index (χ4v) is 1.98. The van der Waals surface area contributed by atoms with Crippen molar-refractivity contribution in [3.05, 3.63) is 34.1 Å². The second-order valence-corrected chi connectivity index (χ2v) is 3.70. The van der Waals surface area contributed by atoms with Crippen LogP contribution >= 0.6 is 0 Å². The monoisotopic (exact) mass is 217 g/mol. The van der Waals surface area contributed by atoms with Crippen LogP contribution in [0.3, 0.4) is 0 Å². The number of pyridine rings is 1. The molecule has 0 spiro atoms. The summed E-state index contributed by atoms with van der Waals surface area (Å²) in [4.78, 5) is 14.6. The van der Waals surface area contributed by atoms with Gasteiger partial charge in [-0.3, -0.25) is 4.79 Å². The molecule has 0 bridgehead atoms. The molecule has 1 aliphatic heterocycles. The zero-order valence-electron chi connectivity index (χ0n) is 8.76. The number of H-pyrrole nitrogens is 1. The van der Waals surface area contributed by atoms with Gasteiger partial charge in [0, 0.05) is 18.0 Å². The highest BCUT2D eigenvalue weighted by molar-refractivity contribution is 5.94. The molecule has 0 saturated carbocycles. The first-order chi connectivity index (χ1) is 7.79. The molecule has 1 aromatic carbocycles. The topological polar surface area (TPSA) is 66.2 Å². The highest BCUT2D eigenvalue weighted by atomic mass is 16.5. The maximum atomic E-state index is 11.7. The molecule has 0 unspecified atom stereocenters. The second-order valence-electron chi connectivity index (χ2n) is 3.70. The van der Waals surface area contributed by atoms with Crippen LogP contribution in [0.5, 0.6) is 5.75 Å². The van der Waals surface area contributed by atoms with Crippen molar-refractivity contribution < 1.29 is 4.74 Å². The average Bonchev–Trinajstić information content (AvgIpc) is 2.78. The second kappa shape index (κ2) is 3.24. The van der Waals surface area contributed by atoms with Crippen molar-refractivity contribution in [1.29, 1.82) is 0 Å². The maximum absolute atomic E-state index is 11.7. The zero-order valence-corrected chi connectivity index (χ0v) is 8.76. The van der Waals surface area contributed by atoms with E-state index in [0.29, 0.717) is 6.54 Å². The summed E-state index contributed by atoms with van der Waals surface area (Å²) in [6, 6.07) is 5.63. The number of aromatic nitrogens is 1. The van der Waals surface area contributed by atoms with Gasteiger partial charge in [-0.25, -0.2) is 5.43 Å². The van der Waals surface area contributed by atoms with Crippen LogP contribution in [0.1, 0.15) is 5.56 Å². The molecule has 82 valence electrons. The lowest BCUT2D eigenvalue weighted by Gasteiger charge is -2.06. The van der Waals surface area contributed by atoms with Gasteiger partial charge in [0.05, 0.1) is 23.9 Å². The summed E-state index contributed by atoms with van der Waals surface area (Å²) in [5.74, 6) is 0.731. The van der Waals surface area contributed by atoms with E-state index in [1.165, 1.54) is 0 Å². The van der Waals surface area contributed by atoms with Crippen molar-refractivity contribution in [2.45, 2.75) is 6.54 Å². The smallest absolute Gasteiger partial charge is 0.255 e. The third-order valence-corrected chi connectivity index (χ3v) is 2.80. The molecule has 0 radical (unpaired) electrons. The van der Waals surface area contributed by atoms with Crippen molar-refractivity contribution in [2.75, 3.05) is 12.5 Å². The van der Waals surface area contributed by atoms with Gasteiger partial charge in [-0.15, -0.1) is 0 Å². The van der Waals surface area contributed by atoms with E-state index >= 15 is 0 Å². The maximum Gasteiger partial charge on any atom is 0.255 e. The van der Waals surface area contributed by atoms with E-state index in [9.17, 15) is 4.79 Å². The molecular weight excluding hydrogens is 206 g/mol. The van der Waals surface area contributed by atoms with Crippen molar-refractivity contribution in [3.63, 3.8) is 0 Å². The number of aromatic amines is 1. The molecule has 1 aromatic heterocycles.